The van der Waals surface area contributed by atoms with E-state index in [9.17, 15) is 4.79 Å². The van der Waals surface area contributed by atoms with Crippen molar-refractivity contribution in [2.24, 2.45) is 0 Å². The molecule has 15 heavy (non-hydrogen) atoms. The minimum atomic E-state index is -0.401. The first-order valence-electron chi connectivity index (χ1n) is 5.67. The van der Waals surface area contributed by atoms with Crippen LogP contribution in [0.5, 0.6) is 0 Å². The predicted molar refractivity (Wildman–Crippen MR) is 62.8 cm³/mol. The normalized spacial score (nSPS) is 14.5. The van der Waals surface area contributed by atoms with Gasteiger partial charge in [-0.2, -0.15) is 0 Å². The van der Waals surface area contributed by atoms with E-state index in [4.69, 9.17) is 4.74 Å². The van der Waals surface area contributed by atoms with Crippen molar-refractivity contribution in [1.82, 2.24) is 4.90 Å². The zero-order valence-electron chi connectivity index (χ0n) is 11.1. The van der Waals surface area contributed by atoms with E-state index in [1.807, 2.05) is 27.7 Å². The summed E-state index contributed by atoms with van der Waals surface area (Å²) in [6.07, 6.45) is 0. The van der Waals surface area contributed by atoms with Crippen molar-refractivity contribution in [2.45, 2.75) is 66.2 Å². The molecular weight excluding hydrogens is 190 g/mol. The number of carbonyl (C=O) groups is 1. The summed E-state index contributed by atoms with van der Waals surface area (Å²) in [4.78, 5) is 13.9. The van der Waals surface area contributed by atoms with E-state index >= 15 is 0 Å². The highest BCUT2D eigenvalue weighted by Crippen LogP contribution is 2.12. The van der Waals surface area contributed by atoms with Crippen molar-refractivity contribution in [3.63, 3.8) is 0 Å². The molecule has 0 aliphatic rings. The molecule has 90 valence electrons. The molecule has 0 saturated carbocycles. The zero-order valence-corrected chi connectivity index (χ0v) is 11.1. The summed E-state index contributed by atoms with van der Waals surface area (Å²) in [7, 11) is 0. The van der Waals surface area contributed by atoms with Gasteiger partial charge in [-0.3, -0.25) is 9.69 Å². The Kier molecular flexibility index (Phi) is 5.29. The van der Waals surface area contributed by atoms with Crippen molar-refractivity contribution in [1.29, 1.82) is 0 Å². The van der Waals surface area contributed by atoms with Crippen LogP contribution in [0.15, 0.2) is 0 Å². The molecule has 0 radical (unpaired) electrons. The number of hydrogen-bond donors (Lipinski definition) is 0. The lowest BCUT2D eigenvalue weighted by molar-refractivity contribution is -0.161. The third kappa shape index (κ3) is 5.17. The van der Waals surface area contributed by atoms with Crippen LogP contribution < -0.4 is 0 Å². The van der Waals surface area contributed by atoms with Crippen LogP contribution in [-0.4, -0.2) is 35.1 Å². The number of rotatable bonds is 4. The van der Waals surface area contributed by atoms with Gasteiger partial charge in [0.15, 0.2) is 0 Å². The molecule has 3 nitrogen and oxygen atoms in total. The standard InChI is InChI=1S/C12H25NO2/c1-8-13(9(2)3)10(4)11(14)15-12(5,6)7/h9-10H,8H2,1-7H3. The molecule has 0 aromatic rings. The number of likely N-dealkylation sites (N-methyl/N-ethyl adjacent to an activating group) is 1. The van der Waals surface area contributed by atoms with E-state index in [0.29, 0.717) is 6.04 Å². The third-order valence-corrected chi connectivity index (χ3v) is 2.27. The topological polar surface area (TPSA) is 29.5 Å². The van der Waals surface area contributed by atoms with Crippen LogP contribution in [0, 0.1) is 0 Å². The molecular formula is C12H25NO2. The minimum absolute atomic E-state index is 0.141. The van der Waals surface area contributed by atoms with Crippen molar-refractivity contribution in [2.75, 3.05) is 6.54 Å². The number of hydrogen-bond acceptors (Lipinski definition) is 3. The zero-order chi connectivity index (χ0) is 12.2. The average Bonchev–Trinajstić information content (AvgIpc) is 2.01. The lowest BCUT2D eigenvalue weighted by Gasteiger charge is -2.32. The van der Waals surface area contributed by atoms with Crippen LogP contribution in [0.25, 0.3) is 0 Å². The van der Waals surface area contributed by atoms with Gasteiger partial charge in [0, 0.05) is 6.04 Å². The van der Waals surface area contributed by atoms with E-state index in [1.165, 1.54) is 0 Å². The fraction of sp³-hybridized carbons (Fsp3) is 0.917. The van der Waals surface area contributed by atoms with Gasteiger partial charge in [-0.1, -0.05) is 6.92 Å². The SMILES string of the molecule is CCN(C(C)C)C(C)C(=O)OC(C)(C)C. The first-order chi connectivity index (χ1) is 6.69. The van der Waals surface area contributed by atoms with Gasteiger partial charge < -0.3 is 4.74 Å². The summed E-state index contributed by atoms with van der Waals surface area (Å²) in [6.45, 7) is 14.7. The molecule has 0 amide bonds. The van der Waals surface area contributed by atoms with E-state index in [2.05, 4.69) is 25.7 Å². The van der Waals surface area contributed by atoms with Gasteiger partial charge in [-0.05, 0) is 48.1 Å². The fourth-order valence-electron chi connectivity index (χ4n) is 1.61. The summed E-state index contributed by atoms with van der Waals surface area (Å²) in [5.74, 6) is -0.141. The highest BCUT2D eigenvalue weighted by molar-refractivity contribution is 5.75. The maximum absolute atomic E-state index is 11.8. The molecule has 3 heteroatoms. The summed E-state index contributed by atoms with van der Waals surface area (Å²) in [5, 5.41) is 0. The summed E-state index contributed by atoms with van der Waals surface area (Å²) >= 11 is 0. The summed E-state index contributed by atoms with van der Waals surface area (Å²) in [6, 6.07) is 0.187. The van der Waals surface area contributed by atoms with Crippen LogP contribution in [0.1, 0.15) is 48.5 Å². The van der Waals surface area contributed by atoms with Crippen LogP contribution in [0.4, 0.5) is 0 Å². The van der Waals surface area contributed by atoms with Crippen molar-refractivity contribution >= 4 is 5.97 Å². The molecule has 0 fully saturated rings. The summed E-state index contributed by atoms with van der Waals surface area (Å²) < 4.78 is 5.35. The van der Waals surface area contributed by atoms with Crippen LogP contribution in [0.2, 0.25) is 0 Å². The Hall–Kier alpha value is -0.570. The van der Waals surface area contributed by atoms with E-state index in [-0.39, 0.29) is 12.0 Å². The molecule has 0 N–H and O–H groups in total. The number of nitrogens with zero attached hydrogens (tertiary/aromatic N) is 1. The third-order valence-electron chi connectivity index (χ3n) is 2.27. The van der Waals surface area contributed by atoms with Gasteiger partial charge in [0.2, 0.25) is 0 Å². The molecule has 0 aromatic heterocycles. The molecule has 0 aliphatic carbocycles. The maximum atomic E-state index is 11.8. The smallest absolute Gasteiger partial charge is 0.323 e. The molecule has 0 aliphatic heterocycles. The lowest BCUT2D eigenvalue weighted by atomic mass is 10.1. The second-order valence-electron chi connectivity index (χ2n) is 5.13. The van der Waals surface area contributed by atoms with Crippen molar-refractivity contribution < 1.29 is 9.53 Å². The number of ether oxygens (including phenoxy) is 1. The van der Waals surface area contributed by atoms with Crippen molar-refractivity contribution in [3.8, 4) is 0 Å². The number of esters is 1. The molecule has 0 heterocycles. The largest absolute Gasteiger partial charge is 0.459 e. The highest BCUT2D eigenvalue weighted by atomic mass is 16.6. The monoisotopic (exact) mass is 215 g/mol. The van der Waals surface area contributed by atoms with E-state index in [0.717, 1.165) is 6.54 Å². The van der Waals surface area contributed by atoms with Crippen LogP contribution in [-0.2, 0) is 9.53 Å². The predicted octanol–water partition coefficient (Wildman–Crippen LogP) is 2.45. The fourth-order valence-corrected chi connectivity index (χ4v) is 1.61. The second-order valence-corrected chi connectivity index (χ2v) is 5.13. The first kappa shape index (κ1) is 14.4. The van der Waals surface area contributed by atoms with Crippen molar-refractivity contribution in [3.05, 3.63) is 0 Å². The lowest BCUT2D eigenvalue weighted by Crippen LogP contribution is -2.45. The van der Waals surface area contributed by atoms with Crippen LogP contribution >= 0.6 is 0 Å². The molecule has 0 rings (SSSR count). The van der Waals surface area contributed by atoms with Gasteiger partial charge in [0.25, 0.3) is 0 Å². The first-order valence-corrected chi connectivity index (χ1v) is 5.67. The van der Waals surface area contributed by atoms with Gasteiger partial charge in [0.1, 0.15) is 11.6 Å². The molecule has 0 bridgehead atoms. The Morgan fingerprint density at radius 1 is 1.27 bits per heavy atom. The maximum Gasteiger partial charge on any atom is 0.323 e. The molecule has 1 unspecified atom stereocenters. The quantitative estimate of drug-likeness (QED) is 0.675. The Balaban J connectivity index is 4.42. The van der Waals surface area contributed by atoms with E-state index in [1.54, 1.807) is 0 Å². The minimum Gasteiger partial charge on any atom is -0.459 e. The highest BCUT2D eigenvalue weighted by Gasteiger charge is 2.26. The molecule has 0 aromatic carbocycles. The Morgan fingerprint density at radius 2 is 1.73 bits per heavy atom. The van der Waals surface area contributed by atoms with E-state index < -0.39 is 5.60 Å². The Bertz CT molecular complexity index is 206. The molecule has 0 saturated heterocycles. The molecule has 0 spiro atoms. The Morgan fingerprint density at radius 3 is 2.00 bits per heavy atom. The second kappa shape index (κ2) is 5.50. The average molecular weight is 215 g/mol. The van der Waals surface area contributed by atoms with Crippen LogP contribution in [0.3, 0.4) is 0 Å². The van der Waals surface area contributed by atoms with Gasteiger partial charge in [0.05, 0.1) is 0 Å². The van der Waals surface area contributed by atoms with Gasteiger partial charge in [-0.25, -0.2) is 0 Å². The van der Waals surface area contributed by atoms with Gasteiger partial charge in [-0.15, -0.1) is 0 Å². The number of carbonyl (C=O) groups excluding carboxylic acids is 1. The molecule has 1 atom stereocenters. The van der Waals surface area contributed by atoms with Gasteiger partial charge >= 0.3 is 5.97 Å². The summed E-state index contributed by atoms with van der Waals surface area (Å²) in [5.41, 5.74) is -0.401. The Labute approximate surface area is 93.8 Å².